The smallest absolute Gasteiger partial charge is 0.253 e. The number of likely N-dealkylation sites (tertiary alicyclic amines) is 1. The van der Waals surface area contributed by atoms with Crippen molar-refractivity contribution < 1.29 is 9.18 Å². The van der Waals surface area contributed by atoms with Gasteiger partial charge >= 0.3 is 0 Å². The predicted octanol–water partition coefficient (Wildman–Crippen LogP) is 4.72. The first kappa shape index (κ1) is 19.8. The number of aromatic amines is 1. The maximum atomic E-state index is 14.5. The van der Waals surface area contributed by atoms with E-state index >= 15 is 0 Å². The number of aryl methyl sites for hydroxylation is 2. The molecule has 0 atom stereocenters. The average molecular weight is 402 g/mol. The molecule has 1 aromatic heterocycles. The average Bonchev–Trinajstić information content (AvgIpc) is 3.11. The second-order valence-electron chi connectivity index (χ2n) is 7.76. The highest BCUT2D eigenvalue weighted by molar-refractivity contribution is 5.95. The van der Waals surface area contributed by atoms with Crippen molar-refractivity contribution in [2.45, 2.75) is 32.6 Å². The number of rotatable bonds is 3. The van der Waals surface area contributed by atoms with Gasteiger partial charge in [0.2, 0.25) is 0 Å². The largest absolute Gasteiger partial charge is 0.346 e. The molecule has 0 spiro atoms. The second kappa shape index (κ2) is 8.11. The predicted molar refractivity (Wildman–Crippen MR) is 112 cm³/mol. The van der Waals surface area contributed by atoms with Crippen molar-refractivity contribution in [2.75, 3.05) is 13.1 Å². The van der Waals surface area contributed by atoms with Crippen LogP contribution in [0.3, 0.4) is 0 Å². The molecule has 4 rings (SSSR count). The van der Waals surface area contributed by atoms with Crippen molar-refractivity contribution in [3.8, 4) is 17.3 Å². The van der Waals surface area contributed by atoms with Crippen LogP contribution in [-0.2, 0) is 0 Å². The highest BCUT2D eigenvalue weighted by Gasteiger charge is 2.26. The fourth-order valence-electron chi connectivity index (χ4n) is 4.24. The summed E-state index contributed by atoms with van der Waals surface area (Å²) < 4.78 is 14.5. The minimum Gasteiger partial charge on any atom is -0.346 e. The highest BCUT2D eigenvalue weighted by Crippen LogP contribution is 2.31. The summed E-state index contributed by atoms with van der Waals surface area (Å²) in [5.41, 5.74) is 3.86. The van der Waals surface area contributed by atoms with Gasteiger partial charge in [0, 0.05) is 29.9 Å². The molecule has 1 aliphatic heterocycles. The summed E-state index contributed by atoms with van der Waals surface area (Å²) in [6.45, 7) is 4.87. The van der Waals surface area contributed by atoms with Crippen LogP contribution >= 0.6 is 0 Å². The third-order valence-electron chi connectivity index (χ3n) is 5.77. The van der Waals surface area contributed by atoms with Crippen LogP contribution in [0.5, 0.6) is 0 Å². The number of imidazole rings is 1. The number of hydrogen-bond acceptors (Lipinski definition) is 3. The van der Waals surface area contributed by atoms with Crippen molar-refractivity contribution >= 4 is 5.91 Å². The molecule has 6 heteroatoms. The summed E-state index contributed by atoms with van der Waals surface area (Å²) in [6, 6.07) is 14.4. The molecular formula is C24H23FN4O. The first-order valence-corrected chi connectivity index (χ1v) is 10.1. The summed E-state index contributed by atoms with van der Waals surface area (Å²) >= 11 is 0. The van der Waals surface area contributed by atoms with Crippen molar-refractivity contribution in [1.29, 1.82) is 5.26 Å². The van der Waals surface area contributed by atoms with E-state index in [1.54, 1.807) is 6.07 Å². The summed E-state index contributed by atoms with van der Waals surface area (Å²) in [5, 5.41) is 9.35. The van der Waals surface area contributed by atoms with E-state index in [2.05, 4.69) is 16.0 Å². The molecule has 5 nitrogen and oxygen atoms in total. The number of benzene rings is 2. The van der Waals surface area contributed by atoms with Crippen LogP contribution in [0.4, 0.5) is 4.39 Å². The Morgan fingerprint density at radius 1 is 1.20 bits per heavy atom. The third kappa shape index (κ3) is 3.71. The zero-order valence-corrected chi connectivity index (χ0v) is 17.1. The number of hydrogen-bond donors (Lipinski definition) is 1. The lowest BCUT2D eigenvalue weighted by atomic mass is 9.86. The van der Waals surface area contributed by atoms with E-state index in [9.17, 15) is 14.4 Å². The fraction of sp³-hybridized carbons (Fsp3) is 0.292. The van der Waals surface area contributed by atoms with E-state index in [1.165, 1.54) is 12.1 Å². The van der Waals surface area contributed by atoms with Crippen molar-refractivity contribution in [1.82, 2.24) is 14.9 Å². The van der Waals surface area contributed by atoms with Crippen LogP contribution in [0.1, 0.15) is 51.8 Å². The molecule has 30 heavy (non-hydrogen) atoms. The molecule has 1 saturated heterocycles. The molecule has 2 heterocycles. The van der Waals surface area contributed by atoms with Gasteiger partial charge in [-0.2, -0.15) is 5.26 Å². The van der Waals surface area contributed by atoms with Crippen LogP contribution < -0.4 is 0 Å². The summed E-state index contributed by atoms with van der Waals surface area (Å²) in [6.07, 6.45) is 1.60. The van der Waals surface area contributed by atoms with Crippen LogP contribution in [-0.4, -0.2) is 33.9 Å². The summed E-state index contributed by atoms with van der Waals surface area (Å²) in [4.78, 5) is 22.3. The summed E-state index contributed by atoms with van der Waals surface area (Å²) in [5.74, 6) is 0.475. The van der Waals surface area contributed by atoms with Crippen molar-refractivity contribution in [3.05, 3.63) is 76.5 Å². The number of nitrogens with zero attached hydrogens (tertiary/aromatic N) is 3. The summed E-state index contributed by atoms with van der Waals surface area (Å²) in [7, 11) is 0. The highest BCUT2D eigenvalue weighted by atomic mass is 19.1. The van der Waals surface area contributed by atoms with Gasteiger partial charge in [-0.05, 0) is 62.4 Å². The number of carbonyl (C=O) groups excluding carboxylic acids is 1. The zero-order valence-electron chi connectivity index (χ0n) is 17.1. The Labute approximate surface area is 175 Å². The SMILES string of the molecule is Cc1nc(-c2cc(C(=O)N3CCC(c4ccccc4C#N)CC3)ccc2F)c(C)[nH]1. The molecule has 0 unspecified atom stereocenters. The molecule has 0 radical (unpaired) electrons. The molecule has 1 amide bonds. The number of piperidine rings is 1. The van der Waals surface area contributed by atoms with E-state index in [4.69, 9.17) is 0 Å². The lowest BCUT2D eigenvalue weighted by Crippen LogP contribution is -2.38. The zero-order chi connectivity index (χ0) is 21.3. The third-order valence-corrected chi connectivity index (χ3v) is 5.77. The van der Waals surface area contributed by atoms with Gasteiger partial charge in [0.05, 0.1) is 17.3 Å². The van der Waals surface area contributed by atoms with E-state index in [1.807, 2.05) is 43.0 Å². The Morgan fingerprint density at radius 2 is 1.93 bits per heavy atom. The van der Waals surface area contributed by atoms with Gasteiger partial charge in [0.25, 0.3) is 5.91 Å². The van der Waals surface area contributed by atoms with Crippen LogP contribution in [0.25, 0.3) is 11.3 Å². The molecule has 0 bridgehead atoms. The van der Waals surface area contributed by atoms with Crippen LogP contribution in [0.2, 0.25) is 0 Å². The van der Waals surface area contributed by atoms with Crippen molar-refractivity contribution in [2.24, 2.45) is 0 Å². The van der Waals surface area contributed by atoms with Crippen molar-refractivity contribution in [3.63, 3.8) is 0 Å². The quantitative estimate of drug-likeness (QED) is 0.689. The minimum atomic E-state index is -0.395. The van der Waals surface area contributed by atoms with E-state index in [-0.39, 0.29) is 11.8 Å². The Bertz CT molecular complexity index is 1140. The molecule has 1 N–H and O–H groups in total. The van der Waals surface area contributed by atoms with Crippen LogP contribution in [0.15, 0.2) is 42.5 Å². The number of nitrogens with one attached hydrogen (secondary N) is 1. The number of H-pyrrole nitrogens is 1. The van der Waals surface area contributed by atoms with Gasteiger partial charge in [-0.1, -0.05) is 18.2 Å². The number of aromatic nitrogens is 2. The second-order valence-corrected chi connectivity index (χ2v) is 7.76. The first-order valence-electron chi connectivity index (χ1n) is 10.1. The van der Waals surface area contributed by atoms with Gasteiger partial charge in [-0.25, -0.2) is 9.37 Å². The van der Waals surface area contributed by atoms with Gasteiger partial charge in [-0.3, -0.25) is 4.79 Å². The number of nitriles is 1. The Balaban J connectivity index is 1.52. The molecule has 2 aromatic carbocycles. The van der Waals surface area contributed by atoms with Gasteiger partial charge in [-0.15, -0.1) is 0 Å². The number of carbonyl (C=O) groups is 1. The molecule has 152 valence electrons. The molecule has 1 aliphatic rings. The van der Waals surface area contributed by atoms with E-state index in [0.29, 0.717) is 41.3 Å². The topological polar surface area (TPSA) is 72.8 Å². The Morgan fingerprint density at radius 3 is 2.60 bits per heavy atom. The standard InChI is InChI=1S/C24H23FN4O/c1-15-23(28-16(2)27-15)21-13-18(7-8-22(21)25)24(30)29-11-9-17(10-12-29)20-6-4-3-5-19(20)14-26/h3-8,13,17H,9-12H2,1-2H3,(H,27,28). The molecule has 0 saturated carbocycles. The lowest BCUT2D eigenvalue weighted by Gasteiger charge is -2.32. The number of halogens is 1. The monoisotopic (exact) mass is 402 g/mol. The van der Waals surface area contributed by atoms with Crippen LogP contribution in [0, 0.1) is 31.0 Å². The normalized spacial score (nSPS) is 14.5. The first-order chi connectivity index (χ1) is 14.5. The van der Waals surface area contributed by atoms with E-state index in [0.717, 1.165) is 24.1 Å². The Kier molecular flexibility index (Phi) is 5.37. The minimum absolute atomic E-state index is 0.104. The maximum Gasteiger partial charge on any atom is 0.253 e. The van der Waals surface area contributed by atoms with Gasteiger partial charge in [0.1, 0.15) is 11.6 Å². The lowest BCUT2D eigenvalue weighted by molar-refractivity contribution is 0.0713. The molecular weight excluding hydrogens is 379 g/mol. The maximum absolute atomic E-state index is 14.5. The number of amides is 1. The molecule has 1 fully saturated rings. The molecule has 0 aliphatic carbocycles. The van der Waals surface area contributed by atoms with E-state index < -0.39 is 5.82 Å². The molecule has 3 aromatic rings. The fourth-order valence-corrected chi connectivity index (χ4v) is 4.24. The Hall–Kier alpha value is -3.46. The van der Waals surface area contributed by atoms with Gasteiger partial charge < -0.3 is 9.88 Å². The van der Waals surface area contributed by atoms with Gasteiger partial charge in [0.15, 0.2) is 0 Å².